The number of nitrogens with one attached hydrogen (secondary N) is 1. The van der Waals surface area contributed by atoms with Crippen molar-refractivity contribution < 1.29 is 17.9 Å². The highest BCUT2D eigenvalue weighted by molar-refractivity contribution is 7.92. The lowest BCUT2D eigenvalue weighted by molar-refractivity contribution is 0.475. The molecule has 0 radical (unpaired) electrons. The van der Waals surface area contributed by atoms with Crippen molar-refractivity contribution in [2.24, 2.45) is 0 Å². The Morgan fingerprint density at radius 1 is 1.47 bits per heavy atom. The molecule has 0 aliphatic heterocycles. The van der Waals surface area contributed by atoms with E-state index < -0.39 is 15.8 Å². The summed E-state index contributed by atoms with van der Waals surface area (Å²) in [7, 11) is -3.50. The topological polar surface area (TPSA) is 66.4 Å². The third kappa shape index (κ3) is 3.39. The van der Waals surface area contributed by atoms with Crippen LogP contribution >= 0.6 is 0 Å². The van der Waals surface area contributed by atoms with Gasteiger partial charge in [0.05, 0.1) is 11.4 Å². The molecule has 2 N–H and O–H groups in total. The SMILES string of the molecule is CCCS(=O)(=O)Nc1cc(F)ccc1O. The zero-order valence-corrected chi connectivity index (χ0v) is 9.01. The summed E-state index contributed by atoms with van der Waals surface area (Å²) in [5.74, 6) is -0.971. The van der Waals surface area contributed by atoms with E-state index in [2.05, 4.69) is 4.72 Å². The Balaban J connectivity index is 2.94. The van der Waals surface area contributed by atoms with E-state index in [1.807, 2.05) is 0 Å². The lowest BCUT2D eigenvalue weighted by Crippen LogP contribution is -2.16. The van der Waals surface area contributed by atoms with Crippen molar-refractivity contribution in [3.05, 3.63) is 24.0 Å². The Labute approximate surface area is 87.8 Å². The molecule has 0 atom stereocenters. The maximum atomic E-state index is 12.8. The van der Waals surface area contributed by atoms with Crippen molar-refractivity contribution in [2.45, 2.75) is 13.3 Å². The molecule has 0 aliphatic carbocycles. The normalized spacial score (nSPS) is 11.3. The van der Waals surface area contributed by atoms with Gasteiger partial charge in [-0.1, -0.05) is 6.92 Å². The standard InChI is InChI=1S/C9H12FNO3S/c1-2-5-15(13,14)11-8-6-7(10)3-4-9(8)12/h3-4,6,11-12H,2,5H2,1H3. The number of aromatic hydroxyl groups is 1. The second kappa shape index (κ2) is 4.48. The third-order valence-electron chi connectivity index (χ3n) is 1.70. The average Bonchev–Trinajstić information content (AvgIpc) is 2.10. The summed E-state index contributed by atoms with van der Waals surface area (Å²) in [6, 6.07) is 3.08. The number of rotatable bonds is 4. The molecule has 0 aliphatic rings. The van der Waals surface area contributed by atoms with E-state index in [9.17, 15) is 17.9 Å². The first-order chi connectivity index (χ1) is 6.94. The van der Waals surface area contributed by atoms with Crippen LogP contribution in [0, 0.1) is 5.82 Å². The van der Waals surface area contributed by atoms with E-state index in [1.54, 1.807) is 6.92 Å². The molecule has 0 bridgehead atoms. The van der Waals surface area contributed by atoms with Crippen LogP contribution in [0.1, 0.15) is 13.3 Å². The van der Waals surface area contributed by atoms with Gasteiger partial charge in [-0.15, -0.1) is 0 Å². The first-order valence-electron chi connectivity index (χ1n) is 4.43. The summed E-state index contributed by atoms with van der Waals surface area (Å²) in [6.07, 6.45) is 0.450. The van der Waals surface area contributed by atoms with Gasteiger partial charge in [0.2, 0.25) is 10.0 Å². The number of halogens is 1. The predicted octanol–water partition coefficient (Wildman–Crippen LogP) is 1.68. The molecule has 15 heavy (non-hydrogen) atoms. The molecular formula is C9H12FNO3S. The Kier molecular flexibility index (Phi) is 3.52. The number of hydrogen-bond acceptors (Lipinski definition) is 3. The van der Waals surface area contributed by atoms with Gasteiger partial charge in [0.15, 0.2) is 0 Å². The molecule has 1 rings (SSSR count). The Bertz CT molecular complexity index is 445. The summed E-state index contributed by atoms with van der Waals surface area (Å²) >= 11 is 0. The lowest BCUT2D eigenvalue weighted by atomic mass is 10.3. The third-order valence-corrected chi connectivity index (χ3v) is 3.17. The van der Waals surface area contributed by atoms with Gasteiger partial charge in [0, 0.05) is 6.07 Å². The van der Waals surface area contributed by atoms with Crippen LogP contribution < -0.4 is 4.72 Å². The number of sulfonamides is 1. The second-order valence-electron chi connectivity index (χ2n) is 3.08. The highest BCUT2D eigenvalue weighted by Gasteiger charge is 2.12. The fourth-order valence-corrected chi connectivity index (χ4v) is 2.22. The summed E-state index contributed by atoms with van der Waals surface area (Å²) in [5, 5.41) is 9.27. The Morgan fingerprint density at radius 3 is 2.73 bits per heavy atom. The molecule has 0 heterocycles. The van der Waals surface area contributed by atoms with E-state index in [-0.39, 0.29) is 17.2 Å². The average molecular weight is 233 g/mol. The van der Waals surface area contributed by atoms with Crippen molar-refractivity contribution in [3.63, 3.8) is 0 Å². The van der Waals surface area contributed by atoms with Gasteiger partial charge < -0.3 is 5.11 Å². The molecule has 0 saturated carbocycles. The maximum absolute atomic E-state index is 12.8. The highest BCUT2D eigenvalue weighted by atomic mass is 32.2. The van der Waals surface area contributed by atoms with Crippen LogP contribution in [0.15, 0.2) is 18.2 Å². The van der Waals surface area contributed by atoms with Gasteiger partial charge in [-0.3, -0.25) is 4.72 Å². The van der Waals surface area contributed by atoms with Crippen LogP contribution in [0.25, 0.3) is 0 Å². The summed E-state index contributed by atoms with van der Waals surface area (Å²) in [5.41, 5.74) is -0.136. The van der Waals surface area contributed by atoms with Gasteiger partial charge in [0.25, 0.3) is 0 Å². The zero-order chi connectivity index (χ0) is 11.5. The van der Waals surface area contributed by atoms with E-state index in [4.69, 9.17) is 0 Å². The van der Waals surface area contributed by atoms with Crippen LogP contribution in [-0.2, 0) is 10.0 Å². The first-order valence-corrected chi connectivity index (χ1v) is 6.09. The van der Waals surface area contributed by atoms with Crippen LogP contribution in [0.3, 0.4) is 0 Å². The van der Waals surface area contributed by atoms with Crippen LogP contribution in [0.4, 0.5) is 10.1 Å². The minimum absolute atomic E-state index is 0.0665. The maximum Gasteiger partial charge on any atom is 0.232 e. The summed E-state index contributed by atoms with van der Waals surface area (Å²) < 4.78 is 37.5. The zero-order valence-electron chi connectivity index (χ0n) is 8.20. The van der Waals surface area contributed by atoms with E-state index >= 15 is 0 Å². The number of benzene rings is 1. The number of hydrogen-bond donors (Lipinski definition) is 2. The molecule has 0 fully saturated rings. The molecule has 1 aromatic carbocycles. The molecule has 4 nitrogen and oxygen atoms in total. The largest absolute Gasteiger partial charge is 0.506 e. The molecular weight excluding hydrogens is 221 g/mol. The van der Waals surface area contributed by atoms with Crippen LogP contribution in [0.2, 0.25) is 0 Å². The molecule has 1 aromatic rings. The summed E-state index contributed by atoms with van der Waals surface area (Å²) in [6.45, 7) is 1.71. The molecule has 0 unspecified atom stereocenters. The fourth-order valence-electron chi connectivity index (χ4n) is 1.08. The molecule has 0 spiro atoms. The minimum atomic E-state index is -3.50. The van der Waals surface area contributed by atoms with Crippen molar-refractivity contribution in [1.29, 1.82) is 0 Å². The minimum Gasteiger partial charge on any atom is -0.506 e. The van der Waals surface area contributed by atoms with Gasteiger partial charge in [-0.05, 0) is 18.6 Å². The van der Waals surface area contributed by atoms with Crippen LogP contribution in [0.5, 0.6) is 5.75 Å². The first kappa shape index (κ1) is 11.8. The highest BCUT2D eigenvalue weighted by Crippen LogP contribution is 2.24. The van der Waals surface area contributed by atoms with Gasteiger partial charge in [-0.25, -0.2) is 12.8 Å². The predicted molar refractivity (Wildman–Crippen MR) is 55.8 cm³/mol. The van der Waals surface area contributed by atoms with E-state index in [0.717, 1.165) is 18.2 Å². The molecule has 0 aromatic heterocycles. The summed E-state index contributed by atoms with van der Waals surface area (Å²) in [4.78, 5) is 0. The molecule has 0 saturated heterocycles. The fraction of sp³-hybridized carbons (Fsp3) is 0.333. The number of phenolic OH excluding ortho intramolecular Hbond substituents is 1. The molecule has 84 valence electrons. The quantitative estimate of drug-likeness (QED) is 0.777. The monoisotopic (exact) mass is 233 g/mol. The van der Waals surface area contributed by atoms with Crippen molar-refractivity contribution >= 4 is 15.7 Å². The number of phenols is 1. The second-order valence-corrected chi connectivity index (χ2v) is 4.92. The molecule has 0 amide bonds. The van der Waals surface area contributed by atoms with Crippen molar-refractivity contribution in [2.75, 3.05) is 10.5 Å². The van der Waals surface area contributed by atoms with Gasteiger partial charge >= 0.3 is 0 Å². The lowest BCUT2D eigenvalue weighted by Gasteiger charge is -2.08. The van der Waals surface area contributed by atoms with Crippen molar-refractivity contribution in [1.82, 2.24) is 0 Å². The van der Waals surface area contributed by atoms with E-state index in [0.29, 0.717) is 6.42 Å². The molecule has 6 heteroatoms. The van der Waals surface area contributed by atoms with Crippen LogP contribution in [-0.4, -0.2) is 19.3 Å². The van der Waals surface area contributed by atoms with E-state index in [1.165, 1.54) is 0 Å². The van der Waals surface area contributed by atoms with Crippen molar-refractivity contribution in [3.8, 4) is 5.75 Å². The Morgan fingerprint density at radius 2 is 2.13 bits per heavy atom. The smallest absolute Gasteiger partial charge is 0.232 e. The Hall–Kier alpha value is -1.30. The number of anilines is 1. The van der Waals surface area contributed by atoms with Gasteiger partial charge in [-0.2, -0.15) is 0 Å². The van der Waals surface area contributed by atoms with Gasteiger partial charge in [0.1, 0.15) is 11.6 Å².